The van der Waals surface area contributed by atoms with Gasteiger partial charge in [0, 0.05) is 16.3 Å². The van der Waals surface area contributed by atoms with E-state index in [2.05, 4.69) is 134 Å². The third-order valence-corrected chi connectivity index (χ3v) is 9.63. The Balaban J connectivity index is 1.53. The number of hydrogen-bond donors (Lipinski definition) is 0. The molecule has 2 aliphatic rings. The maximum atomic E-state index is 5.41. The molecule has 0 radical (unpaired) electrons. The maximum absolute atomic E-state index is 5.41. The third-order valence-electron chi connectivity index (χ3n) is 9.63. The van der Waals surface area contributed by atoms with E-state index in [4.69, 9.17) is 4.99 Å². The van der Waals surface area contributed by atoms with E-state index in [-0.39, 0.29) is 0 Å². The fourth-order valence-corrected chi connectivity index (χ4v) is 7.78. The molecule has 2 nitrogen and oxygen atoms in total. The number of para-hydroxylation sites is 3. The number of nitrogens with zero attached hydrogens (tertiary/aromatic N) is 2. The molecule has 1 spiro atoms. The minimum atomic E-state index is -0.631. The summed E-state index contributed by atoms with van der Waals surface area (Å²) in [4.78, 5) is 5.41. The lowest BCUT2D eigenvalue weighted by Crippen LogP contribution is -2.37. The first-order valence-corrected chi connectivity index (χ1v) is 15.8. The molecule has 46 heavy (non-hydrogen) atoms. The van der Waals surface area contributed by atoms with Crippen LogP contribution in [0.2, 0.25) is 0 Å². The van der Waals surface area contributed by atoms with Crippen LogP contribution in [0.1, 0.15) is 41.7 Å². The Bertz CT molecular complexity index is 2360. The molecule has 0 fully saturated rings. The molecule has 0 bridgehead atoms. The molecule has 2 heteroatoms. The van der Waals surface area contributed by atoms with E-state index in [0.29, 0.717) is 5.70 Å². The number of hydrogen-bond acceptors (Lipinski definition) is 1. The molecule has 0 saturated carbocycles. The predicted molar refractivity (Wildman–Crippen MR) is 196 cm³/mol. The van der Waals surface area contributed by atoms with Crippen molar-refractivity contribution in [2.45, 2.75) is 19.3 Å². The summed E-state index contributed by atoms with van der Waals surface area (Å²) in [6.45, 7) is 13.4. The van der Waals surface area contributed by atoms with Gasteiger partial charge in [0.05, 0.1) is 33.5 Å². The van der Waals surface area contributed by atoms with Crippen molar-refractivity contribution in [3.8, 4) is 5.69 Å². The highest BCUT2D eigenvalue weighted by molar-refractivity contribution is 6.24. The highest BCUT2D eigenvalue weighted by Crippen LogP contribution is 2.60. The number of rotatable bonds is 6. The van der Waals surface area contributed by atoms with Gasteiger partial charge < -0.3 is 4.57 Å². The van der Waals surface area contributed by atoms with Crippen LogP contribution in [0.4, 0.5) is 0 Å². The van der Waals surface area contributed by atoms with Crippen LogP contribution in [-0.2, 0) is 5.41 Å². The lowest BCUT2D eigenvalue weighted by Gasteiger charge is -2.41. The largest absolute Gasteiger partial charge is 0.309 e. The Hall–Kier alpha value is -5.73. The predicted octanol–water partition coefficient (Wildman–Crippen LogP) is 11.0. The molecule has 6 aromatic rings. The quantitative estimate of drug-likeness (QED) is 0.136. The number of fused-ring (bicyclic) bond motifs is 9. The normalized spacial score (nSPS) is 17.0. The molecular formula is C44H34N2. The van der Waals surface area contributed by atoms with Gasteiger partial charge in [0.15, 0.2) is 0 Å². The fourth-order valence-electron chi connectivity index (χ4n) is 7.78. The van der Waals surface area contributed by atoms with Gasteiger partial charge in [-0.2, -0.15) is 0 Å². The first-order chi connectivity index (χ1) is 22.6. The number of allylic oxidation sites excluding steroid dienone is 7. The van der Waals surface area contributed by atoms with Crippen molar-refractivity contribution < 1.29 is 0 Å². The SMILES string of the molecule is C=C(/C=C\C=C/C)/C(=N/C(=C)c1ccccc1)C1=C(C)c2ccccc2C12c1ccccc1-n1c3ccccc3c3cccc2c31. The Kier molecular flexibility index (Phi) is 6.47. The first-order valence-electron chi connectivity index (χ1n) is 15.8. The molecule has 1 atom stereocenters. The van der Waals surface area contributed by atoms with Crippen LogP contribution in [0, 0.1) is 0 Å². The number of benzene rings is 5. The molecule has 1 aromatic heterocycles. The van der Waals surface area contributed by atoms with Crippen LogP contribution >= 0.6 is 0 Å². The lowest BCUT2D eigenvalue weighted by molar-refractivity contribution is 0.750. The molecule has 1 unspecified atom stereocenters. The van der Waals surface area contributed by atoms with E-state index in [9.17, 15) is 0 Å². The summed E-state index contributed by atoms with van der Waals surface area (Å²) in [5.74, 6) is 0. The van der Waals surface area contributed by atoms with Crippen LogP contribution in [0.25, 0.3) is 38.8 Å². The average molecular weight is 591 g/mol. The maximum Gasteiger partial charge on any atom is 0.0772 e. The van der Waals surface area contributed by atoms with Gasteiger partial charge in [-0.15, -0.1) is 0 Å². The summed E-state index contributed by atoms with van der Waals surface area (Å²) in [6, 6.07) is 43.6. The van der Waals surface area contributed by atoms with E-state index in [1.54, 1.807) is 0 Å². The van der Waals surface area contributed by atoms with Crippen molar-refractivity contribution in [2.75, 3.05) is 0 Å². The van der Waals surface area contributed by atoms with Gasteiger partial charge in [0.25, 0.3) is 0 Å². The smallest absolute Gasteiger partial charge is 0.0772 e. The van der Waals surface area contributed by atoms with E-state index in [0.717, 1.165) is 22.4 Å². The van der Waals surface area contributed by atoms with E-state index in [1.165, 1.54) is 55.3 Å². The van der Waals surface area contributed by atoms with Crippen molar-refractivity contribution >= 4 is 38.8 Å². The monoisotopic (exact) mass is 590 g/mol. The van der Waals surface area contributed by atoms with Crippen LogP contribution in [-0.4, -0.2) is 10.3 Å². The summed E-state index contributed by atoms with van der Waals surface area (Å²) in [5, 5.41) is 2.51. The molecule has 1 aliphatic heterocycles. The summed E-state index contributed by atoms with van der Waals surface area (Å²) in [7, 11) is 0. The minimum Gasteiger partial charge on any atom is -0.309 e. The Morgan fingerprint density at radius 1 is 0.696 bits per heavy atom. The second kappa shape index (κ2) is 10.7. The highest BCUT2D eigenvalue weighted by atomic mass is 15.0. The van der Waals surface area contributed by atoms with Crippen LogP contribution in [0.5, 0.6) is 0 Å². The average Bonchev–Trinajstić information content (AvgIpc) is 3.57. The van der Waals surface area contributed by atoms with Crippen molar-refractivity contribution in [1.82, 2.24) is 4.57 Å². The second-order valence-corrected chi connectivity index (χ2v) is 12.1. The van der Waals surface area contributed by atoms with Crippen LogP contribution in [0.15, 0.2) is 175 Å². The van der Waals surface area contributed by atoms with Crippen molar-refractivity contribution in [3.05, 3.63) is 198 Å². The molecule has 220 valence electrons. The Labute approximate surface area is 270 Å². The van der Waals surface area contributed by atoms with Gasteiger partial charge in [0.2, 0.25) is 0 Å². The minimum absolute atomic E-state index is 0.631. The highest BCUT2D eigenvalue weighted by Gasteiger charge is 2.52. The zero-order chi connectivity index (χ0) is 31.4. The van der Waals surface area contributed by atoms with Crippen molar-refractivity contribution in [2.24, 2.45) is 4.99 Å². The fraction of sp³-hybridized carbons (Fsp3) is 0.0682. The Morgan fingerprint density at radius 3 is 2.20 bits per heavy atom. The zero-order valence-electron chi connectivity index (χ0n) is 26.2. The first kappa shape index (κ1) is 27.8. The summed E-state index contributed by atoms with van der Waals surface area (Å²) in [5.41, 5.74) is 13.7. The van der Waals surface area contributed by atoms with Gasteiger partial charge in [-0.05, 0) is 64.9 Å². The Morgan fingerprint density at radius 2 is 1.37 bits per heavy atom. The topological polar surface area (TPSA) is 17.3 Å². The van der Waals surface area contributed by atoms with E-state index < -0.39 is 5.41 Å². The van der Waals surface area contributed by atoms with Crippen LogP contribution < -0.4 is 0 Å². The van der Waals surface area contributed by atoms with Gasteiger partial charge in [-0.25, -0.2) is 4.99 Å². The second-order valence-electron chi connectivity index (χ2n) is 12.1. The number of aromatic nitrogens is 1. The molecule has 1 aliphatic carbocycles. The summed E-state index contributed by atoms with van der Waals surface area (Å²) >= 11 is 0. The molecule has 0 N–H and O–H groups in total. The lowest BCUT2D eigenvalue weighted by atomic mass is 9.63. The molecule has 8 rings (SSSR count). The van der Waals surface area contributed by atoms with Gasteiger partial charge >= 0.3 is 0 Å². The van der Waals surface area contributed by atoms with Gasteiger partial charge in [-0.1, -0.05) is 147 Å². The van der Waals surface area contributed by atoms with Crippen LogP contribution in [0.3, 0.4) is 0 Å². The molecule has 5 aromatic carbocycles. The van der Waals surface area contributed by atoms with E-state index in [1.807, 2.05) is 43.4 Å². The molecule has 0 saturated heterocycles. The summed E-state index contributed by atoms with van der Waals surface area (Å²) < 4.78 is 2.47. The van der Waals surface area contributed by atoms with Crippen molar-refractivity contribution in [3.63, 3.8) is 0 Å². The zero-order valence-corrected chi connectivity index (χ0v) is 26.2. The van der Waals surface area contributed by atoms with Gasteiger partial charge in [0.1, 0.15) is 0 Å². The standard InChI is InChI=1S/C44H34N2/c1-5-6-8-18-29(2)42(45-31(4)32-19-9-7-10-20-32)41-30(3)33-21-11-13-24-36(33)44(41)37-25-14-16-28-40(37)46-39-27-15-12-22-34(39)35-23-17-26-38(44)43(35)46/h5-28H,2,4H2,1,3H3/b6-5-,18-8-,45-42-. The van der Waals surface area contributed by atoms with Gasteiger partial charge in [-0.3, -0.25) is 0 Å². The molecule has 2 heterocycles. The van der Waals surface area contributed by atoms with Crippen molar-refractivity contribution in [1.29, 1.82) is 0 Å². The van der Waals surface area contributed by atoms with E-state index >= 15 is 0 Å². The molecule has 0 amide bonds. The molecular weight excluding hydrogens is 556 g/mol. The summed E-state index contributed by atoms with van der Waals surface area (Å²) in [6.07, 6.45) is 8.17. The third kappa shape index (κ3) is 3.80. The number of aliphatic imine (C=N–C) groups is 1.